The fourth-order valence-electron chi connectivity index (χ4n) is 2.73. The molecule has 0 unspecified atom stereocenters. The molecule has 1 heterocycles. The fraction of sp³-hybridized carbons (Fsp3) is 0.429. The molecular weight excluding hydrogens is 491 g/mol. The van der Waals surface area contributed by atoms with Gasteiger partial charge in [-0.05, 0) is 37.4 Å². The normalized spacial score (nSPS) is 13.3. The van der Waals surface area contributed by atoms with Crippen LogP contribution in [0.2, 0.25) is 0 Å². The largest absolute Gasteiger partial charge is 0.463 e. The number of likely N-dealkylation sites (N-methyl/N-ethyl adjacent to an activating group) is 1. The Morgan fingerprint density at radius 1 is 1.26 bits per heavy atom. The lowest BCUT2D eigenvalue weighted by Crippen LogP contribution is -2.28. The summed E-state index contributed by atoms with van der Waals surface area (Å²) in [5.41, 5.74) is 3.34. The number of benzene rings is 1. The van der Waals surface area contributed by atoms with Crippen molar-refractivity contribution in [2.45, 2.75) is 24.9 Å². The van der Waals surface area contributed by atoms with E-state index in [1.807, 2.05) is 18.7 Å². The molecule has 0 spiro atoms. The lowest BCUT2D eigenvalue weighted by Gasteiger charge is -2.17. The highest BCUT2D eigenvalue weighted by molar-refractivity contribution is 7.90. The first-order valence-electron chi connectivity index (χ1n) is 10.5. The Labute approximate surface area is 200 Å². The van der Waals surface area contributed by atoms with Crippen molar-refractivity contribution in [1.29, 1.82) is 0 Å². The molecule has 0 saturated carbocycles. The number of aromatic nitrogens is 2. The van der Waals surface area contributed by atoms with E-state index in [1.165, 1.54) is 24.3 Å². The summed E-state index contributed by atoms with van der Waals surface area (Å²) >= 11 is 0. The molecule has 0 aliphatic rings. The van der Waals surface area contributed by atoms with Gasteiger partial charge in [0.2, 0.25) is 5.89 Å². The summed E-state index contributed by atoms with van der Waals surface area (Å²) in [6.07, 6.45) is -3.38. The molecule has 0 atom stereocenters. The van der Waals surface area contributed by atoms with Crippen molar-refractivity contribution in [3.63, 3.8) is 0 Å². The summed E-state index contributed by atoms with van der Waals surface area (Å²) in [4.78, 5) is 17.9. The molecule has 0 saturated heterocycles. The van der Waals surface area contributed by atoms with Gasteiger partial charge in [-0.25, -0.2) is 8.42 Å². The van der Waals surface area contributed by atoms with E-state index in [4.69, 9.17) is 14.9 Å². The van der Waals surface area contributed by atoms with Crippen molar-refractivity contribution in [2.75, 3.05) is 39.0 Å². The zero-order valence-electron chi connectivity index (χ0n) is 19.4. The maximum absolute atomic E-state index is 13.0. The van der Waals surface area contributed by atoms with Crippen LogP contribution in [-0.4, -0.2) is 80.4 Å². The number of carbonyl (C=O) groups is 1. The highest BCUT2D eigenvalue weighted by atomic mass is 32.2. The lowest BCUT2D eigenvalue weighted by molar-refractivity contribution is -0.142. The molecule has 0 bridgehead atoms. The summed E-state index contributed by atoms with van der Waals surface area (Å²) in [5.74, 6) is -1.39. The van der Waals surface area contributed by atoms with E-state index in [1.54, 1.807) is 0 Å². The average Bonchev–Trinajstić information content (AvgIpc) is 3.28. The quantitative estimate of drug-likeness (QED) is 0.351. The molecular formula is C21H26F3N5O5S. The van der Waals surface area contributed by atoms with Gasteiger partial charge in [0, 0.05) is 18.4 Å². The smallest absolute Gasteiger partial charge is 0.430 e. The van der Waals surface area contributed by atoms with Gasteiger partial charge in [0.1, 0.15) is 24.6 Å². The number of esters is 1. The van der Waals surface area contributed by atoms with Crippen molar-refractivity contribution in [2.24, 2.45) is 10.7 Å². The molecule has 10 nitrogen and oxygen atoms in total. The molecule has 0 aliphatic heterocycles. The van der Waals surface area contributed by atoms with Crippen LogP contribution < -0.4 is 5.73 Å². The Hall–Kier alpha value is -3.26. The van der Waals surface area contributed by atoms with E-state index in [9.17, 15) is 26.4 Å². The Morgan fingerprint density at radius 2 is 1.94 bits per heavy atom. The zero-order chi connectivity index (χ0) is 26.2. The fourth-order valence-corrected chi connectivity index (χ4v) is 3.40. The van der Waals surface area contributed by atoms with E-state index in [-0.39, 0.29) is 23.0 Å². The summed E-state index contributed by atoms with van der Waals surface area (Å²) < 4.78 is 73.0. The predicted octanol–water partition coefficient (Wildman–Crippen LogP) is 2.22. The van der Waals surface area contributed by atoms with Crippen LogP contribution in [0.25, 0.3) is 11.5 Å². The van der Waals surface area contributed by atoms with Crippen molar-refractivity contribution in [1.82, 2.24) is 15.1 Å². The maximum Gasteiger partial charge on any atom is 0.430 e. The molecule has 35 heavy (non-hydrogen) atoms. The number of allylic oxidation sites excluding steroid dienone is 2. The molecule has 0 fully saturated rings. The van der Waals surface area contributed by atoms with Gasteiger partial charge < -0.3 is 19.8 Å². The number of aliphatic imine (C=N–C) groups is 1. The minimum atomic E-state index is -4.86. The standard InChI is InChI=1S/C21H26F3N5O5S/c1-4-29(5-2)9-10-33-18(30)13-26-16(12-17(25)21(22,23)24)20-28-27-19(34-20)14-7-6-8-15(11-14)35(3,31)32/h6-8,11-12H,4-5,9-10,13,25H2,1-3H3/b17-12-,26-16?. The Morgan fingerprint density at radius 3 is 2.54 bits per heavy atom. The van der Waals surface area contributed by atoms with Gasteiger partial charge in [0.05, 0.1) is 4.90 Å². The van der Waals surface area contributed by atoms with Crippen LogP contribution in [0.5, 0.6) is 0 Å². The second kappa shape index (κ2) is 11.9. The van der Waals surface area contributed by atoms with Gasteiger partial charge in [-0.15, -0.1) is 10.2 Å². The first-order valence-corrected chi connectivity index (χ1v) is 12.4. The van der Waals surface area contributed by atoms with Crippen LogP contribution in [0.15, 0.2) is 50.3 Å². The number of hydrogen-bond donors (Lipinski definition) is 1. The molecule has 2 rings (SSSR count). The number of carbonyl (C=O) groups excluding carboxylic acids is 1. The third-order valence-corrected chi connectivity index (χ3v) is 5.83. The van der Waals surface area contributed by atoms with E-state index in [0.717, 1.165) is 19.3 Å². The number of rotatable bonds is 11. The second-order valence-electron chi connectivity index (χ2n) is 7.26. The highest BCUT2D eigenvalue weighted by Crippen LogP contribution is 2.24. The van der Waals surface area contributed by atoms with Gasteiger partial charge in [-0.1, -0.05) is 19.9 Å². The SMILES string of the molecule is CCN(CC)CCOC(=O)CN=C(/C=C(\N)C(F)(F)F)c1nnc(-c2cccc(S(C)(=O)=O)c2)o1. The summed E-state index contributed by atoms with van der Waals surface area (Å²) in [6.45, 7) is 5.42. The number of nitrogens with two attached hydrogens (primary N) is 1. The predicted molar refractivity (Wildman–Crippen MR) is 121 cm³/mol. The van der Waals surface area contributed by atoms with Gasteiger partial charge in [0.15, 0.2) is 9.84 Å². The topological polar surface area (TPSA) is 141 Å². The number of halogens is 3. The van der Waals surface area contributed by atoms with Crippen molar-refractivity contribution < 1.29 is 35.5 Å². The Balaban J connectivity index is 2.29. The third-order valence-electron chi connectivity index (χ3n) is 4.72. The van der Waals surface area contributed by atoms with Crippen LogP contribution in [0, 0.1) is 0 Å². The van der Waals surface area contributed by atoms with E-state index in [2.05, 4.69) is 15.2 Å². The molecule has 0 aliphatic carbocycles. The molecule has 1 aromatic heterocycles. The van der Waals surface area contributed by atoms with Gasteiger partial charge >= 0.3 is 12.1 Å². The van der Waals surface area contributed by atoms with Crippen molar-refractivity contribution in [3.05, 3.63) is 41.9 Å². The average molecular weight is 518 g/mol. The maximum atomic E-state index is 13.0. The van der Waals surface area contributed by atoms with Gasteiger partial charge in [0.25, 0.3) is 5.89 Å². The molecule has 1 aromatic carbocycles. The van der Waals surface area contributed by atoms with E-state index in [0.29, 0.717) is 12.6 Å². The molecule has 2 N–H and O–H groups in total. The lowest BCUT2D eigenvalue weighted by atomic mass is 10.2. The summed E-state index contributed by atoms with van der Waals surface area (Å²) in [5, 5.41) is 7.43. The highest BCUT2D eigenvalue weighted by Gasteiger charge is 2.32. The third kappa shape index (κ3) is 8.47. The number of sulfone groups is 1. The van der Waals surface area contributed by atoms with Gasteiger partial charge in [-0.3, -0.25) is 9.79 Å². The number of nitrogens with zero attached hydrogens (tertiary/aromatic N) is 4. The summed E-state index contributed by atoms with van der Waals surface area (Å²) in [7, 11) is -3.53. The van der Waals surface area contributed by atoms with E-state index >= 15 is 0 Å². The van der Waals surface area contributed by atoms with Crippen LogP contribution in [0.4, 0.5) is 13.2 Å². The van der Waals surface area contributed by atoms with Crippen LogP contribution in [0.1, 0.15) is 19.7 Å². The van der Waals surface area contributed by atoms with Crippen molar-refractivity contribution in [3.8, 4) is 11.5 Å². The minimum absolute atomic E-state index is 0.0164. The molecule has 0 radical (unpaired) electrons. The Bertz CT molecular complexity index is 1190. The molecule has 0 amide bonds. The molecule has 2 aromatic rings. The first kappa shape index (κ1) is 28.0. The monoisotopic (exact) mass is 517 g/mol. The van der Waals surface area contributed by atoms with Crippen LogP contribution in [0.3, 0.4) is 0 Å². The Kier molecular flexibility index (Phi) is 9.54. The van der Waals surface area contributed by atoms with Gasteiger partial charge in [-0.2, -0.15) is 13.2 Å². The van der Waals surface area contributed by atoms with Crippen molar-refractivity contribution >= 4 is 21.5 Å². The zero-order valence-corrected chi connectivity index (χ0v) is 20.2. The van der Waals surface area contributed by atoms with E-state index < -0.39 is 45.8 Å². The first-order chi connectivity index (χ1) is 16.3. The summed E-state index contributed by atoms with van der Waals surface area (Å²) in [6, 6.07) is 5.56. The minimum Gasteiger partial charge on any atom is -0.463 e. The molecule has 14 heteroatoms. The number of hydrogen-bond acceptors (Lipinski definition) is 10. The molecule has 192 valence electrons. The van der Waals surface area contributed by atoms with Crippen LogP contribution in [-0.2, 0) is 19.4 Å². The second-order valence-corrected chi connectivity index (χ2v) is 9.27. The van der Waals surface area contributed by atoms with Crippen LogP contribution >= 0.6 is 0 Å². The number of alkyl halides is 3. The number of ether oxygens (including phenoxy) is 1.